The molecule has 3 aromatic carbocycles. The highest BCUT2D eigenvalue weighted by molar-refractivity contribution is 6.09. The largest absolute Gasteiger partial charge is 0.456 e. The van der Waals surface area contributed by atoms with Crippen LogP contribution in [-0.2, 0) is 0 Å². The number of hydrogen-bond donors (Lipinski definition) is 0. The van der Waals surface area contributed by atoms with E-state index in [2.05, 4.69) is 6.07 Å². The minimum atomic E-state index is -0.224. The van der Waals surface area contributed by atoms with Gasteiger partial charge in [-0.3, -0.25) is 0 Å². The van der Waals surface area contributed by atoms with Gasteiger partial charge in [-0.15, -0.1) is 0 Å². The quantitative estimate of drug-likeness (QED) is 0.424. The Bertz CT molecular complexity index is 889. The Morgan fingerprint density at radius 3 is 2.56 bits per heavy atom. The lowest BCUT2D eigenvalue weighted by Crippen LogP contribution is -1.76. The van der Waals surface area contributed by atoms with Gasteiger partial charge in [-0.05, 0) is 41.1 Å². The van der Waals surface area contributed by atoms with Crippen LogP contribution in [0.25, 0.3) is 32.7 Å². The topological polar surface area (TPSA) is 13.1 Å². The first kappa shape index (κ1) is 9.66. The van der Waals surface area contributed by atoms with E-state index >= 15 is 0 Å². The molecule has 0 amide bonds. The third kappa shape index (κ3) is 1.26. The van der Waals surface area contributed by atoms with Gasteiger partial charge >= 0.3 is 0 Å². The molecule has 4 rings (SSSR count). The molecule has 0 atom stereocenters. The van der Waals surface area contributed by atoms with Crippen molar-refractivity contribution in [3.8, 4) is 0 Å². The van der Waals surface area contributed by atoms with Crippen molar-refractivity contribution in [3.63, 3.8) is 0 Å². The standard InChI is InChI=1S/C16H9FO/c17-12-6-5-10-8-14-13-3-1-2-4-15(13)18-16(14)9-11(10)7-12/h1-9H. The zero-order valence-corrected chi connectivity index (χ0v) is 9.48. The molecule has 0 N–H and O–H groups in total. The van der Waals surface area contributed by atoms with E-state index in [0.717, 1.165) is 32.7 Å². The van der Waals surface area contributed by atoms with E-state index in [1.165, 1.54) is 12.1 Å². The van der Waals surface area contributed by atoms with Gasteiger partial charge in [-0.2, -0.15) is 0 Å². The summed E-state index contributed by atoms with van der Waals surface area (Å²) in [5, 5.41) is 4.06. The van der Waals surface area contributed by atoms with Gasteiger partial charge < -0.3 is 4.42 Å². The van der Waals surface area contributed by atoms with Crippen LogP contribution in [0.2, 0.25) is 0 Å². The summed E-state index contributed by atoms with van der Waals surface area (Å²) in [6, 6.07) is 16.7. The van der Waals surface area contributed by atoms with Crippen molar-refractivity contribution in [2.45, 2.75) is 0 Å². The average Bonchev–Trinajstić information content (AvgIpc) is 2.73. The first-order valence-corrected chi connectivity index (χ1v) is 5.82. The molecular formula is C16H9FO. The minimum Gasteiger partial charge on any atom is -0.456 e. The van der Waals surface area contributed by atoms with Gasteiger partial charge in [0.25, 0.3) is 0 Å². The molecule has 0 radical (unpaired) electrons. The van der Waals surface area contributed by atoms with Crippen LogP contribution >= 0.6 is 0 Å². The normalized spacial score (nSPS) is 11.6. The number of furan rings is 1. The van der Waals surface area contributed by atoms with Crippen molar-refractivity contribution in [3.05, 3.63) is 60.4 Å². The Balaban J connectivity index is 2.23. The van der Waals surface area contributed by atoms with Crippen molar-refractivity contribution >= 4 is 32.7 Å². The van der Waals surface area contributed by atoms with Gasteiger partial charge in [0, 0.05) is 10.8 Å². The number of benzene rings is 3. The van der Waals surface area contributed by atoms with Crippen LogP contribution in [0.15, 0.2) is 59.0 Å². The highest BCUT2D eigenvalue weighted by atomic mass is 19.1. The third-order valence-electron chi connectivity index (χ3n) is 3.30. The third-order valence-corrected chi connectivity index (χ3v) is 3.30. The maximum absolute atomic E-state index is 13.2. The van der Waals surface area contributed by atoms with Crippen LogP contribution < -0.4 is 0 Å². The van der Waals surface area contributed by atoms with E-state index in [0.29, 0.717) is 0 Å². The van der Waals surface area contributed by atoms with E-state index < -0.39 is 0 Å². The number of para-hydroxylation sites is 1. The summed E-state index contributed by atoms with van der Waals surface area (Å²) in [5.41, 5.74) is 1.66. The minimum absolute atomic E-state index is 0.224. The fourth-order valence-electron chi connectivity index (χ4n) is 2.44. The Labute approximate surface area is 102 Å². The van der Waals surface area contributed by atoms with E-state index in [1.54, 1.807) is 6.07 Å². The summed E-state index contributed by atoms with van der Waals surface area (Å²) in [4.78, 5) is 0. The molecule has 0 aliphatic heterocycles. The summed E-state index contributed by atoms with van der Waals surface area (Å²) < 4.78 is 19.0. The summed E-state index contributed by atoms with van der Waals surface area (Å²) in [7, 11) is 0. The zero-order chi connectivity index (χ0) is 12.1. The lowest BCUT2D eigenvalue weighted by Gasteiger charge is -1.98. The fourth-order valence-corrected chi connectivity index (χ4v) is 2.44. The SMILES string of the molecule is Fc1ccc2cc3c(cc2c1)oc1ccccc13. The lowest BCUT2D eigenvalue weighted by atomic mass is 10.1. The highest BCUT2D eigenvalue weighted by Crippen LogP contribution is 2.32. The van der Waals surface area contributed by atoms with Crippen molar-refractivity contribution in [1.29, 1.82) is 0 Å². The molecule has 0 fully saturated rings. The Hall–Kier alpha value is -2.35. The molecule has 0 unspecified atom stereocenters. The van der Waals surface area contributed by atoms with Crippen LogP contribution in [0.4, 0.5) is 4.39 Å². The van der Waals surface area contributed by atoms with E-state index in [4.69, 9.17) is 4.42 Å². The Kier molecular flexibility index (Phi) is 1.78. The van der Waals surface area contributed by atoms with E-state index in [1.807, 2.05) is 30.3 Å². The Morgan fingerprint density at radius 1 is 0.722 bits per heavy atom. The van der Waals surface area contributed by atoms with Gasteiger partial charge in [0.15, 0.2) is 0 Å². The lowest BCUT2D eigenvalue weighted by molar-refractivity contribution is 0.629. The second-order valence-electron chi connectivity index (χ2n) is 4.44. The molecular weight excluding hydrogens is 227 g/mol. The summed E-state index contributed by atoms with van der Waals surface area (Å²) in [5.74, 6) is -0.224. The number of halogens is 1. The van der Waals surface area contributed by atoms with Gasteiger partial charge in [0.1, 0.15) is 17.0 Å². The first-order valence-electron chi connectivity index (χ1n) is 5.82. The maximum Gasteiger partial charge on any atom is 0.136 e. The highest BCUT2D eigenvalue weighted by Gasteiger charge is 2.07. The van der Waals surface area contributed by atoms with Crippen molar-refractivity contribution in [2.24, 2.45) is 0 Å². The number of hydrogen-bond acceptors (Lipinski definition) is 1. The molecule has 4 aromatic rings. The van der Waals surface area contributed by atoms with Crippen LogP contribution in [0.1, 0.15) is 0 Å². The maximum atomic E-state index is 13.2. The molecule has 1 nitrogen and oxygen atoms in total. The molecule has 0 spiro atoms. The van der Waals surface area contributed by atoms with Crippen molar-refractivity contribution in [2.75, 3.05) is 0 Å². The predicted octanol–water partition coefficient (Wildman–Crippen LogP) is 4.88. The van der Waals surface area contributed by atoms with E-state index in [9.17, 15) is 4.39 Å². The molecule has 1 aromatic heterocycles. The van der Waals surface area contributed by atoms with Crippen molar-refractivity contribution < 1.29 is 8.81 Å². The first-order chi connectivity index (χ1) is 8.81. The van der Waals surface area contributed by atoms with Crippen LogP contribution in [0.3, 0.4) is 0 Å². The second kappa shape index (κ2) is 3.33. The Morgan fingerprint density at radius 2 is 1.61 bits per heavy atom. The molecule has 2 heteroatoms. The van der Waals surface area contributed by atoms with Gasteiger partial charge in [-0.25, -0.2) is 4.39 Å². The number of rotatable bonds is 0. The van der Waals surface area contributed by atoms with Gasteiger partial charge in [0.2, 0.25) is 0 Å². The van der Waals surface area contributed by atoms with Gasteiger partial charge in [-0.1, -0.05) is 24.3 Å². The smallest absolute Gasteiger partial charge is 0.136 e. The predicted molar refractivity (Wildman–Crippen MR) is 71.2 cm³/mol. The average molecular weight is 236 g/mol. The molecule has 1 heterocycles. The van der Waals surface area contributed by atoms with Crippen LogP contribution in [0.5, 0.6) is 0 Å². The molecule has 0 saturated heterocycles. The fraction of sp³-hybridized carbons (Fsp3) is 0. The second-order valence-corrected chi connectivity index (χ2v) is 4.44. The summed E-state index contributed by atoms with van der Waals surface area (Å²) in [6.45, 7) is 0. The van der Waals surface area contributed by atoms with Crippen LogP contribution in [-0.4, -0.2) is 0 Å². The summed E-state index contributed by atoms with van der Waals surface area (Å²) >= 11 is 0. The molecule has 0 saturated carbocycles. The molecule has 18 heavy (non-hydrogen) atoms. The van der Waals surface area contributed by atoms with Gasteiger partial charge in [0.05, 0.1) is 0 Å². The van der Waals surface area contributed by atoms with Crippen molar-refractivity contribution in [1.82, 2.24) is 0 Å². The monoisotopic (exact) mass is 236 g/mol. The van der Waals surface area contributed by atoms with E-state index in [-0.39, 0.29) is 5.82 Å². The summed E-state index contributed by atoms with van der Waals surface area (Å²) in [6.07, 6.45) is 0. The molecule has 0 bridgehead atoms. The number of fused-ring (bicyclic) bond motifs is 4. The molecule has 86 valence electrons. The van der Waals surface area contributed by atoms with Crippen LogP contribution in [0, 0.1) is 5.82 Å². The zero-order valence-electron chi connectivity index (χ0n) is 9.48. The molecule has 0 aliphatic carbocycles. The molecule has 0 aliphatic rings.